The van der Waals surface area contributed by atoms with Gasteiger partial charge in [-0.05, 0) is 51.7 Å². The molecule has 0 bridgehead atoms. The highest BCUT2D eigenvalue weighted by atomic mass is 79.9. The Morgan fingerprint density at radius 3 is 2.79 bits per heavy atom. The van der Waals surface area contributed by atoms with Crippen LogP contribution in [0.4, 0.5) is 0 Å². The largest absolute Gasteiger partial charge is 0.381 e. The number of hydrogen-bond donors (Lipinski definition) is 0. The normalized spacial score (nSPS) is 11.1. The molecule has 80 valence electrons. The van der Waals surface area contributed by atoms with Gasteiger partial charge in [0.15, 0.2) is 0 Å². The summed E-state index contributed by atoms with van der Waals surface area (Å²) in [4.78, 5) is 0. The molecule has 1 nitrogen and oxygen atoms in total. The van der Waals surface area contributed by atoms with Gasteiger partial charge >= 0.3 is 0 Å². The van der Waals surface area contributed by atoms with E-state index in [1.165, 1.54) is 9.35 Å². The SMILES string of the molecule is CC(C)CCOCCc1ccsc1Br. The Kier molecular flexibility index (Phi) is 5.75. The summed E-state index contributed by atoms with van der Waals surface area (Å²) >= 11 is 5.26. The Labute approximate surface area is 98.6 Å². The van der Waals surface area contributed by atoms with Crippen LogP contribution in [0, 0.1) is 5.92 Å². The van der Waals surface area contributed by atoms with Crippen molar-refractivity contribution in [3.05, 3.63) is 20.8 Å². The summed E-state index contributed by atoms with van der Waals surface area (Å²) in [6.45, 7) is 6.17. The van der Waals surface area contributed by atoms with E-state index in [1.807, 2.05) is 0 Å². The molecule has 0 spiro atoms. The lowest BCUT2D eigenvalue weighted by Gasteiger charge is -2.05. The zero-order chi connectivity index (χ0) is 10.4. The van der Waals surface area contributed by atoms with Crippen molar-refractivity contribution in [3.63, 3.8) is 0 Å². The number of hydrogen-bond acceptors (Lipinski definition) is 2. The number of ether oxygens (including phenoxy) is 1. The first-order valence-electron chi connectivity index (χ1n) is 4.99. The third-order valence-electron chi connectivity index (χ3n) is 2.05. The number of halogens is 1. The van der Waals surface area contributed by atoms with Crippen molar-refractivity contribution in [3.8, 4) is 0 Å². The van der Waals surface area contributed by atoms with E-state index in [2.05, 4.69) is 41.2 Å². The average molecular weight is 277 g/mol. The molecule has 0 aromatic carbocycles. The maximum Gasteiger partial charge on any atom is 0.0731 e. The lowest BCUT2D eigenvalue weighted by atomic mass is 10.1. The van der Waals surface area contributed by atoms with Gasteiger partial charge < -0.3 is 4.74 Å². The molecule has 0 amide bonds. The molecular formula is C11H17BrOS. The molecule has 0 saturated carbocycles. The summed E-state index contributed by atoms with van der Waals surface area (Å²) in [5.74, 6) is 0.739. The molecule has 0 saturated heterocycles. The van der Waals surface area contributed by atoms with Gasteiger partial charge in [-0.1, -0.05) is 13.8 Å². The van der Waals surface area contributed by atoms with E-state index in [4.69, 9.17) is 4.74 Å². The van der Waals surface area contributed by atoms with E-state index in [-0.39, 0.29) is 0 Å². The van der Waals surface area contributed by atoms with Crippen LogP contribution >= 0.6 is 27.3 Å². The highest BCUT2D eigenvalue weighted by Gasteiger charge is 2.00. The van der Waals surface area contributed by atoms with Crippen molar-refractivity contribution in [2.75, 3.05) is 13.2 Å². The van der Waals surface area contributed by atoms with E-state index < -0.39 is 0 Å². The van der Waals surface area contributed by atoms with Crippen molar-refractivity contribution >= 4 is 27.3 Å². The smallest absolute Gasteiger partial charge is 0.0731 e. The molecule has 0 N–H and O–H groups in total. The van der Waals surface area contributed by atoms with Crippen LogP contribution < -0.4 is 0 Å². The molecule has 1 heterocycles. The van der Waals surface area contributed by atoms with Gasteiger partial charge in [0.05, 0.1) is 10.4 Å². The van der Waals surface area contributed by atoms with Crippen LogP contribution in [0.5, 0.6) is 0 Å². The summed E-state index contributed by atoms with van der Waals surface area (Å²) in [6, 6.07) is 2.15. The first kappa shape index (κ1) is 12.2. The molecule has 14 heavy (non-hydrogen) atoms. The molecular weight excluding hydrogens is 260 g/mol. The second-order valence-electron chi connectivity index (χ2n) is 3.76. The van der Waals surface area contributed by atoms with E-state index in [1.54, 1.807) is 11.3 Å². The Bertz CT molecular complexity index is 258. The van der Waals surface area contributed by atoms with Crippen molar-refractivity contribution in [2.24, 2.45) is 5.92 Å². The van der Waals surface area contributed by atoms with Gasteiger partial charge in [0.2, 0.25) is 0 Å². The third kappa shape index (κ3) is 4.58. The van der Waals surface area contributed by atoms with Crippen molar-refractivity contribution in [1.29, 1.82) is 0 Å². The molecule has 0 aliphatic heterocycles. The van der Waals surface area contributed by atoms with Crippen molar-refractivity contribution in [1.82, 2.24) is 0 Å². The van der Waals surface area contributed by atoms with Gasteiger partial charge in [-0.2, -0.15) is 0 Å². The van der Waals surface area contributed by atoms with Gasteiger partial charge in [0.1, 0.15) is 0 Å². The molecule has 3 heteroatoms. The Hall–Kier alpha value is 0.140. The predicted octanol–water partition coefficient (Wildman–Crippen LogP) is 4.12. The van der Waals surface area contributed by atoms with Crippen LogP contribution in [0.3, 0.4) is 0 Å². The fourth-order valence-electron chi connectivity index (χ4n) is 1.10. The van der Waals surface area contributed by atoms with Gasteiger partial charge in [-0.25, -0.2) is 0 Å². The molecule has 0 radical (unpaired) electrons. The van der Waals surface area contributed by atoms with Crippen LogP contribution in [0.25, 0.3) is 0 Å². The number of thiophene rings is 1. The van der Waals surface area contributed by atoms with Gasteiger partial charge in [-0.3, -0.25) is 0 Å². The zero-order valence-electron chi connectivity index (χ0n) is 8.75. The quantitative estimate of drug-likeness (QED) is 0.711. The summed E-state index contributed by atoms with van der Waals surface area (Å²) in [7, 11) is 0. The molecule has 0 fully saturated rings. The molecule has 0 unspecified atom stereocenters. The second kappa shape index (κ2) is 6.59. The van der Waals surface area contributed by atoms with Gasteiger partial charge in [-0.15, -0.1) is 11.3 Å². The summed E-state index contributed by atoms with van der Waals surface area (Å²) < 4.78 is 6.80. The lowest BCUT2D eigenvalue weighted by molar-refractivity contribution is 0.126. The monoisotopic (exact) mass is 276 g/mol. The maximum atomic E-state index is 5.56. The minimum absolute atomic E-state index is 0.739. The summed E-state index contributed by atoms with van der Waals surface area (Å²) in [6.07, 6.45) is 2.17. The van der Waals surface area contributed by atoms with E-state index in [9.17, 15) is 0 Å². The highest BCUT2D eigenvalue weighted by molar-refractivity contribution is 9.11. The van der Waals surface area contributed by atoms with Gasteiger partial charge in [0.25, 0.3) is 0 Å². The molecule has 0 atom stereocenters. The van der Waals surface area contributed by atoms with Gasteiger partial charge in [0, 0.05) is 6.61 Å². The second-order valence-corrected chi connectivity index (χ2v) is 6.00. The zero-order valence-corrected chi connectivity index (χ0v) is 11.2. The summed E-state index contributed by atoms with van der Waals surface area (Å²) in [5.41, 5.74) is 1.36. The fraction of sp³-hybridized carbons (Fsp3) is 0.636. The fourth-order valence-corrected chi connectivity index (χ4v) is 2.43. The minimum atomic E-state index is 0.739. The van der Waals surface area contributed by atoms with Crippen LogP contribution in [-0.4, -0.2) is 13.2 Å². The van der Waals surface area contributed by atoms with Crippen molar-refractivity contribution < 1.29 is 4.74 Å². The Morgan fingerprint density at radius 2 is 2.21 bits per heavy atom. The molecule has 1 aromatic rings. The average Bonchev–Trinajstić information content (AvgIpc) is 2.51. The first-order valence-corrected chi connectivity index (χ1v) is 6.67. The first-order chi connectivity index (χ1) is 6.70. The Morgan fingerprint density at radius 1 is 1.43 bits per heavy atom. The Balaban J connectivity index is 2.08. The lowest BCUT2D eigenvalue weighted by Crippen LogP contribution is -2.02. The minimum Gasteiger partial charge on any atom is -0.381 e. The standard InChI is InChI=1S/C11H17BrOS/c1-9(2)3-6-13-7-4-10-5-8-14-11(10)12/h5,8-9H,3-4,6-7H2,1-2H3. The maximum absolute atomic E-state index is 5.56. The predicted molar refractivity (Wildman–Crippen MR) is 66.0 cm³/mol. The topological polar surface area (TPSA) is 9.23 Å². The molecule has 1 rings (SSSR count). The molecule has 0 aliphatic rings. The van der Waals surface area contributed by atoms with Crippen LogP contribution in [0.15, 0.2) is 15.2 Å². The van der Waals surface area contributed by atoms with E-state index >= 15 is 0 Å². The summed E-state index contributed by atoms with van der Waals surface area (Å²) in [5, 5.41) is 2.10. The number of rotatable bonds is 6. The third-order valence-corrected chi connectivity index (χ3v) is 3.86. The van der Waals surface area contributed by atoms with Crippen LogP contribution in [0.2, 0.25) is 0 Å². The van der Waals surface area contributed by atoms with Crippen molar-refractivity contribution in [2.45, 2.75) is 26.7 Å². The van der Waals surface area contributed by atoms with Crippen LogP contribution in [0.1, 0.15) is 25.8 Å². The highest BCUT2D eigenvalue weighted by Crippen LogP contribution is 2.23. The van der Waals surface area contributed by atoms with E-state index in [0.717, 1.165) is 32.0 Å². The van der Waals surface area contributed by atoms with E-state index in [0.29, 0.717) is 0 Å². The van der Waals surface area contributed by atoms with Crippen LogP contribution in [-0.2, 0) is 11.2 Å². The molecule has 1 aromatic heterocycles. The molecule has 0 aliphatic carbocycles.